The highest BCUT2D eigenvalue weighted by Crippen LogP contribution is 2.32. The molecule has 0 N–H and O–H groups in total. The van der Waals surface area contributed by atoms with Crippen molar-refractivity contribution in [2.24, 2.45) is 0 Å². The molecule has 1 aromatic heterocycles. The van der Waals surface area contributed by atoms with Gasteiger partial charge in [0.2, 0.25) is 5.88 Å². The quantitative estimate of drug-likeness (QED) is 0.822. The summed E-state index contributed by atoms with van der Waals surface area (Å²) in [5.41, 5.74) is 1.45. The van der Waals surface area contributed by atoms with Crippen LogP contribution in [-0.2, 0) is 4.74 Å². The van der Waals surface area contributed by atoms with Crippen molar-refractivity contribution < 1.29 is 19.1 Å². The maximum atomic E-state index is 12.8. The van der Waals surface area contributed by atoms with Gasteiger partial charge in [-0.1, -0.05) is 12.1 Å². The first-order chi connectivity index (χ1) is 13.0. The molecule has 1 atom stereocenters. The minimum Gasteiger partial charge on any atom is -0.479 e. The van der Waals surface area contributed by atoms with Gasteiger partial charge >= 0.3 is 6.09 Å². The third kappa shape index (κ3) is 3.07. The fourth-order valence-electron chi connectivity index (χ4n) is 3.65. The molecule has 0 radical (unpaired) electrons. The molecule has 140 valence electrons. The second-order valence-corrected chi connectivity index (χ2v) is 6.88. The molecule has 0 bridgehead atoms. The highest BCUT2D eigenvalue weighted by molar-refractivity contribution is 5.95. The molecule has 2 aliphatic rings. The Morgan fingerprint density at radius 2 is 1.93 bits per heavy atom. The van der Waals surface area contributed by atoms with Crippen LogP contribution in [0.5, 0.6) is 5.88 Å². The fraction of sp³-hybridized carbons (Fsp3) is 0.368. The van der Waals surface area contributed by atoms with Crippen molar-refractivity contribution >= 4 is 12.0 Å². The molecule has 0 aliphatic carbocycles. The predicted octanol–water partition coefficient (Wildman–Crippen LogP) is 1.82. The predicted molar refractivity (Wildman–Crippen MR) is 96.4 cm³/mol. The largest absolute Gasteiger partial charge is 0.479 e. The molecule has 1 spiro atoms. The van der Waals surface area contributed by atoms with Gasteiger partial charge in [-0.3, -0.25) is 4.79 Å². The number of aromatic nitrogens is 2. The molecule has 8 heteroatoms. The van der Waals surface area contributed by atoms with Crippen LogP contribution >= 0.6 is 0 Å². The summed E-state index contributed by atoms with van der Waals surface area (Å²) in [6.45, 7) is 1.50. The topological polar surface area (TPSA) is 84.9 Å². The van der Waals surface area contributed by atoms with Crippen LogP contribution in [0.2, 0.25) is 0 Å². The Morgan fingerprint density at radius 3 is 2.59 bits per heavy atom. The van der Waals surface area contributed by atoms with Crippen LogP contribution in [0.4, 0.5) is 4.79 Å². The van der Waals surface area contributed by atoms with Crippen LogP contribution in [0, 0.1) is 0 Å². The van der Waals surface area contributed by atoms with E-state index >= 15 is 0 Å². The summed E-state index contributed by atoms with van der Waals surface area (Å²) in [7, 11) is 3.25. The number of amides is 2. The third-order valence-electron chi connectivity index (χ3n) is 5.01. The van der Waals surface area contributed by atoms with Crippen LogP contribution in [0.25, 0.3) is 11.3 Å². The number of benzene rings is 1. The maximum Gasteiger partial charge on any atom is 0.410 e. The first kappa shape index (κ1) is 17.3. The van der Waals surface area contributed by atoms with Crippen LogP contribution in [0.15, 0.2) is 36.7 Å². The van der Waals surface area contributed by atoms with Gasteiger partial charge < -0.3 is 19.3 Å². The number of carbonyl (C=O) groups excluding carboxylic acids is 2. The van der Waals surface area contributed by atoms with Crippen LogP contribution in [0.3, 0.4) is 0 Å². The van der Waals surface area contributed by atoms with Gasteiger partial charge in [0.05, 0.1) is 20.2 Å². The van der Waals surface area contributed by atoms with Gasteiger partial charge in [-0.05, 0) is 12.1 Å². The minimum absolute atomic E-state index is 0.0739. The Morgan fingerprint density at radius 1 is 1.19 bits per heavy atom. The number of hydrogen-bond donors (Lipinski definition) is 0. The van der Waals surface area contributed by atoms with Gasteiger partial charge in [0.25, 0.3) is 5.91 Å². The monoisotopic (exact) mass is 368 g/mol. The Bertz CT molecular complexity index is 886. The molecular formula is C19H20N4O4. The van der Waals surface area contributed by atoms with E-state index in [2.05, 4.69) is 9.97 Å². The Labute approximate surface area is 156 Å². The molecule has 2 fully saturated rings. The number of likely N-dealkylation sites (tertiary alicyclic amines) is 1. The van der Waals surface area contributed by atoms with Crippen molar-refractivity contribution in [1.82, 2.24) is 19.8 Å². The zero-order chi connectivity index (χ0) is 19.0. The molecule has 1 unspecified atom stereocenters. The zero-order valence-corrected chi connectivity index (χ0v) is 15.2. The van der Waals surface area contributed by atoms with Gasteiger partial charge in [0, 0.05) is 43.5 Å². The summed E-state index contributed by atoms with van der Waals surface area (Å²) in [5.74, 6) is 0.361. The summed E-state index contributed by atoms with van der Waals surface area (Å²) in [5, 5.41) is 0. The number of methoxy groups -OCH3 is 1. The Kier molecular flexibility index (Phi) is 4.18. The molecular weight excluding hydrogens is 348 g/mol. The van der Waals surface area contributed by atoms with E-state index in [-0.39, 0.29) is 12.0 Å². The molecule has 2 aliphatic heterocycles. The molecule has 0 saturated carbocycles. The Hall–Kier alpha value is -3.16. The molecule has 8 nitrogen and oxygen atoms in total. The smallest absolute Gasteiger partial charge is 0.410 e. The first-order valence-corrected chi connectivity index (χ1v) is 8.70. The molecule has 2 aromatic rings. The number of likely N-dealkylation sites (N-methyl/N-ethyl adjacent to an activating group) is 1. The normalized spacial score (nSPS) is 21.6. The lowest BCUT2D eigenvalue weighted by atomic mass is 10.0. The molecule has 2 saturated heterocycles. The summed E-state index contributed by atoms with van der Waals surface area (Å²) in [6, 6.07) is 7.19. The standard InChI is InChI=1S/C19H20N4O4/c1-22-11-19(27-18(22)25)7-10-23(12-19)17(24)14-5-3-13(4-6-14)15-16(26-2)21-9-8-20-15/h3-6,8-9H,7,10-12H2,1-2H3. The van der Waals surface area contributed by atoms with E-state index in [9.17, 15) is 9.59 Å². The highest BCUT2D eigenvalue weighted by atomic mass is 16.6. The fourth-order valence-corrected chi connectivity index (χ4v) is 3.65. The summed E-state index contributed by atoms with van der Waals surface area (Å²) in [4.78, 5) is 36.3. The minimum atomic E-state index is -0.575. The van der Waals surface area contributed by atoms with Crippen molar-refractivity contribution in [3.05, 3.63) is 42.2 Å². The molecule has 1 aromatic carbocycles. The summed E-state index contributed by atoms with van der Waals surface area (Å²) in [6.07, 6.45) is 3.49. The van der Waals surface area contributed by atoms with Crippen molar-refractivity contribution in [1.29, 1.82) is 0 Å². The number of nitrogens with zero attached hydrogens (tertiary/aromatic N) is 4. The molecule has 4 rings (SSSR count). The van der Waals surface area contributed by atoms with E-state index in [4.69, 9.17) is 9.47 Å². The van der Waals surface area contributed by atoms with Crippen LogP contribution in [0.1, 0.15) is 16.8 Å². The second-order valence-electron chi connectivity index (χ2n) is 6.88. The second kappa shape index (κ2) is 6.53. The van der Waals surface area contributed by atoms with Gasteiger partial charge in [-0.25, -0.2) is 14.8 Å². The zero-order valence-electron chi connectivity index (χ0n) is 15.2. The lowest BCUT2D eigenvalue weighted by Gasteiger charge is -2.21. The van der Waals surface area contributed by atoms with Gasteiger partial charge in [-0.2, -0.15) is 0 Å². The summed E-state index contributed by atoms with van der Waals surface area (Å²) < 4.78 is 10.7. The van der Waals surface area contributed by atoms with Crippen molar-refractivity contribution in [3.8, 4) is 17.1 Å². The van der Waals surface area contributed by atoms with E-state index in [0.29, 0.717) is 43.2 Å². The van der Waals surface area contributed by atoms with Crippen LogP contribution < -0.4 is 4.74 Å². The third-order valence-corrected chi connectivity index (χ3v) is 5.01. The van der Waals surface area contributed by atoms with Gasteiger partial charge in [0.15, 0.2) is 5.60 Å². The molecule has 2 amide bonds. The number of carbonyl (C=O) groups is 2. The first-order valence-electron chi connectivity index (χ1n) is 8.70. The van der Waals surface area contributed by atoms with Gasteiger partial charge in [0.1, 0.15) is 5.69 Å². The average molecular weight is 368 g/mol. The number of ether oxygens (including phenoxy) is 2. The number of rotatable bonds is 3. The van der Waals surface area contributed by atoms with Gasteiger partial charge in [-0.15, -0.1) is 0 Å². The van der Waals surface area contributed by atoms with Crippen molar-refractivity contribution in [2.45, 2.75) is 12.0 Å². The SMILES string of the molecule is COc1nccnc1-c1ccc(C(=O)N2CCC3(CN(C)C(=O)O3)C2)cc1. The van der Waals surface area contributed by atoms with Crippen molar-refractivity contribution in [2.75, 3.05) is 33.8 Å². The maximum absolute atomic E-state index is 12.8. The van der Waals surface area contributed by atoms with E-state index in [0.717, 1.165) is 5.56 Å². The van der Waals surface area contributed by atoms with Crippen molar-refractivity contribution in [3.63, 3.8) is 0 Å². The van der Waals surface area contributed by atoms with E-state index in [1.165, 1.54) is 0 Å². The average Bonchev–Trinajstić information content (AvgIpc) is 3.23. The molecule has 3 heterocycles. The van der Waals surface area contributed by atoms with E-state index in [1.54, 1.807) is 48.5 Å². The lowest BCUT2D eigenvalue weighted by Crippen LogP contribution is -2.39. The summed E-state index contributed by atoms with van der Waals surface area (Å²) >= 11 is 0. The van der Waals surface area contributed by atoms with E-state index in [1.807, 2.05) is 12.1 Å². The lowest BCUT2D eigenvalue weighted by molar-refractivity contribution is 0.0553. The molecule has 27 heavy (non-hydrogen) atoms. The highest BCUT2D eigenvalue weighted by Gasteiger charge is 2.49. The van der Waals surface area contributed by atoms with E-state index < -0.39 is 5.60 Å². The Balaban J connectivity index is 1.50. The van der Waals surface area contributed by atoms with Crippen LogP contribution in [-0.4, -0.2) is 71.2 Å². The number of hydrogen-bond acceptors (Lipinski definition) is 6.